The number of nitriles is 1. The maximum Gasteiger partial charge on any atom is 0.418 e. The number of fused-ring (bicyclic) bond motifs is 2. The van der Waals surface area contributed by atoms with Gasteiger partial charge in [0.05, 0.1) is 23.3 Å². The van der Waals surface area contributed by atoms with Crippen molar-refractivity contribution in [2.24, 2.45) is 0 Å². The van der Waals surface area contributed by atoms with Gasteiger partial charge in [-0.2, -0.15) is 18.4 Å². The van der Waals surface area contributed by atoms with Gasteiger partial charge in [-0.25, -0.2) is 0 Å². The smallest absolute Gasteiger partial charge is 0.393 e. The van der Waals surface area contributed by atoms with Crippen LogP contribution in [0.5, 0.6) is 0 Å². The summed E-state index contributed by atoms with van der Waals surface area (Å²) in [4.78, 5) is 1.80. The number of aliphatic hydroxyl groups is 1. The molecule has 1 aromatic rings. The zero-order valence-electron chi connectivity index (χ0n) is 11.3. The minimum atomic E-state index is -4.49. The first-order valence-corrected chi connectivity index (χ1v) is 6.98. The molecule has 0 radical (unpaired) electrons. The number of anilines is 1. The normalized spacial score (nSPS) is 28.5. The lowest BCUT2D eigenvalue weighted by Crippen LogP contribution is -2.45. The molecule has 2 heterocycles. The van der Waals surface area contributed by atoms with Crippen LogP contribution in [-0.2, 0) is 6.18 Å². The first kappa shape index (κ1) is 14.2. The van der Waals surface area contributed by atoms with Crippen molar-refractivity contribution in [3.05, 3.63) is 29.3 Å². The highest BCUT2D eigenvalue weighted by molar-refractivity contribution is 5.60. The lowest BCUT2D eigenvalue weighted by Gasteiger charge is -2.40. The second-order valence-electron chi connectivity index (χ2n) is 5.76. The van der Waals surface area contributed by atoms with Gasteiger partial charge in [0.2, 0.25) is 0 Å². The molecule has 2 bridgehead atoms. The van der Waals surface area contributed by atoms with E-state index in [1.165, 1.54) is 12.1 Å². The summed E-state index contributed by atoms with van der Waals surface area (Å²) < 4.78 is 39.9. The second-order valence-corrected chi connectivity index (χ2v) is 5.76. The zero-order chi connectivity index (χ0) is 15.2. The van der Waals surface area contributed by atoms with Crippen LogP contribution in [0, 0.1) is 11.3 Å². The van der Waals surface area contributed by atoms with Crippen LogP contribution in [0.4, 0.5) is 18.9 Å². The van der Waals surface area contributed by atoms with Crippen LogP contribution in [0.25, 0.3) is 0 Å². The van der Waals surface area contributed by atoms with Gasteiger partial charge in [0.25, 0.3) is 0 Å². The lowest BCUT2D eigenvalue weighted by molar-refractivity contribution is -0.137. The highest BCUT2D eigenvalue weighted by Gasteiger charge is 2.44. The fourth-order valence-corrected chi connectivity index (χ4v) is 3.60. The van der Waals surface area contributed by atoms with Gasteiger partial charge in [-0.1, -0.05) is 0 Å². The zero-order valence-corrected chi connectivity index (χ0v) is 11.3. The summed E-state index contributed by atoms with van der Waals surface area (Å²) in [6, 6.07) is 5.39. The molecule has 3 rings (SSSR count). The van der Waals surface area contributed by atoms with Crippen LogP contribution in [-0.4, -0.2) is 23.3 Å². The molecule has 0 aromatic heterocycles. The van der Waals surface area contributed by atoms with E-state index < -0.39 is 17.8 Å². The SMILES string of the molecule is N#Cc1ccc(N2[C@@H]3CC[C@H]2CC(O)C3)c(C(F)(F)F)c1. The highest BCUT2D eigenvalue weighted by atomic mass is 19.4. The van der Waals surface area contributed by atoms with Crippen LogP contribution in [0.3, 0.4) is 0 Å². The lowest BCUT2D eigenvalue weighted by atomic mass is 9.97. The molecule has 6 heteroatoms. The fraction of sp³-hybridized carbons (Fsp3) is 0.533. The molecule has 1 N–H and O–H groups in total. The van der Waals surface area contributed by atoms with Crippen LogP contribution in [0.1, 0.15) is 36.8 Å². The molecule has 21 heavy (non-hydrogen) atoms. The first-order chi connectivity index (χ1) is 9.90. The monoisotopic (exact) mass is 296 g/mol. The fourth-order valence-electron chi connectivity index (χ4n) is 3.60. The Kier molecular flexibility index (Phi) is 3.33. The Labute approximate surface area is 120 Å². The third-order valence-electron chi connectivity index (χ3n) is 4.42. The van der Waals surface area contributed by atoms with E-state index in [4.69, 9.17) is 5.26 Å². The van der Waals surface area contributed by atoms with E-state index in [9.17, 15) is 18.3 Å². The van der Waals surface area contributed by atoms with E-state index in [1.807, 2.05) is 0 Å². The summed E-state index contributed by atoms with van der Waals surface area (Å²) >= 11 is 0. The Morgan fingerprint density at radius 3 is 2.33 bits per heavy atom. The molecule has 0 aliphatic carbocycles. The van der Waals surface area contributed by atoms with Crippen LogP contribution in [0.15, 0.2) is 18.2 Å². The molecule has 3 atom stereocenters. The Balaban J connectivity index is 2.05. The molecular formula is C15H15F3N2O. The van der Waals surface area contributed by atoms with Crippen molar-refractivity contribution in [1.29, 1.82) is 5.26 Å². The van der Waals surface area contributed by atoms with Crippen LogP contribution < -0.4 is 4.90 Å². The Hall–Kier alpha value is -1.74. The number of piperidine rings is 1. The minimum absolute atomic E-state index is 0.00969. The molecule has 2 saturated heterocycles. The second kappa shape index (κ2) is 4.92. The molecule has 1 unspecified atom stereocenters. The topological polar surface area (TPSA) is 47.3 Å². The third-order valence-corrected chi connectivity index (χ3v) is 4.42. The summed E-state index contributed by atoms with van der Waals surface area (Å²) in [5.74, 6) is 0. The van der Waals surface area contributed by atoms with Gasteiger partial charge in [-0.3, -0.25) is 0 Å². The van der Waals surface area contributed by atoms with Gasteiger partial charge in [-0.05, 0) is 43.9 Å². The number of benzene rings is 1. The third kappa shape index (κ3) is 2.46. The molecule has 0 saturated carbocycles. The molecule has 112 valence electrons. The summed E-state index contributed by atoms with van der Waals surface area (Å²) in [7, 11) is 0. The Bertz CT molecular complexity index is 580. The number of hydrogen-bond donors (Lipinski definition) is 1. The predicted molar refractivity (Wildman–Crippen MR) is 70.7 cm³/mol. The van der Waals surface area contributed by atoms with Gasteiger partial charge < -0.3 is 10.0 Å². The van der Waals surface area contributed by atoms with E-state index in [1.54, 1.807) is 11.0 Å². The number of nitrogens with zero attached hydrogens (tertiary/aromatic N) is 2. The molecule has 2 aliphatic rings. The highest BCUT2D eigenvalue weighted by Crippen LogP contribution is 2.44. The van der Waals surface area contributed by atoms with E-state index in [-0.39, 0.29) is 23.3 Å². The van der Waals surface area contributed by atoms with Gasteiger partial charge in [0.15, 0.2) is 0 Å². The van der Waals surface area contributed by atoms with Gasteiger partial charge in [0.1, 0.15) is 0 Å². The van der Waals surface area contributed by atoms with Gasteiger partial charge in [-0.15, -0.1) is 0 Å². The standard InChI is InChI=1S/C15H15F3N2O/c16-15(17,18)13-5-9(8-19)1-4-14(13)20-10-2-3-11(20)7-12(21)6-10/h1,4-5,10-12,21H,2-3,6-7H2/t10-,11+,12?. The number of aliphatic hydroxyl groups excluding tert-OH is 1. The van der Waals surface area contributed by atoms with Gasteiger partial charge in [0, 0.05) is 17.8 Å². The average Bonchev–Trinajstić information content (AvgIpc) is 2.69. The van der Waals surface area contributed by atoms with Crippen molar-refractivity contribution in [2.75, 3.05) is 4.90 Å². The largest absolute Gasteiger partial charge is 0.418 e. The summed E-state index contributed by atoms with van der Waals surface area (Å²) in [6.45, 7) is 0. The molecule has 2 fully saturated rings. The average molecular weight is 296 g/mol. The Morgan fingerprint density at radius 1 is 1.19 bits per heavy atom. The van der Waals surface area contributed by atoms with Crippen molar-refractivity contribution in [3.63, 3.8) is 0 Å². The maximum atomic E-state index is 13.3. The summed E-state index contributed by atoms with van der Waals surface area (Å²) in [5.41, 5.74) is -0.605. The van der Waals surface area contributed by atoms with Crippen molar-refractivity contribution in [2.45, 2.75) is 50.0 Å². The molecule has 3 nitrogen and oxygen atoms in total. The number of rotatable bonds is 1. The van der Waals surface area contributed by atoms with Crippen molar-refractivity contribution in [3.8, 4) is 6.07 Å². The van der Waals surface area contributed by atoms with E-state index in [0.717, 1.165) is 18.9 Å². The molecular weight excluding hydrogens is 281 g/mol. The summed E-state index contributed by atoms with van der Waals surface area (Å²) in [5, 5.41) is 18.6. The number of alkyl halides is 3. The van der Waals surface area contributed by atoms with E-state index in [0.29, 0.717) is 12.8 Å². The predicted octanol–water partition coefficient (Wildman–Crippen LogP) is 3.07. The van der Waals surface area contributed by atoms with Crippen LogP contribution in [0.2, 0.25) is 0 Å². The first-order valence-electron chi connectivity index (χ1n) is 6.98. The Morgan fingerprint density at radius 2 is 1.81 bits per heavy atom. The van der Waals surface area contributed by atoms with E-state index >= 15 is 0 Å². The number of halogens is 3. The van der Waals surface area contributed by atoms with Crippen molar-refractivity contribution < 1.29 is 18.3 Å². The van der Waals surface area contributed by atoms with Crippen molar-refractivity contribution >= 4 is 5.69 Å². The van der Waals surface area contributed by atoms with Crippen LogP contribution >= 0.6 is 0 Å². The number of hydrogen-bond acceptors (Lipinski definition) is 3. The van der Waals surface area contributed by atoms with Gasteiger partial charge >= 0.3 is 6.18 Å². The minimum Gasteiger partial charge on any atom is -0.393 e. The van der Waals surface area contributed by atoms with Crippen molar-refractivity contribution in [1.82, 2.24) is 0 Å². The quantitative estimate of drug-likeness (QED) is 0.866. The van der Waals surface area contributed by atoms with E-state index in [2.05, 4.69) is 0 Å². The summed E-state index contributed by atoms with van der Waals surface area (Å²) in [6.07, 6.45) is -2.29. The molecule has 0 amide bonds. The molecule has 2 aliphatic heterocycles. The molecule has 0 spiro atoms. The molecule has 1 aromatic carbocycles. The maximum absolute atomic E-state index is 13.3.